The summed E-state index contributed by atoms with van der Waals surface area (Å²) in [6.07, 6.45) is 5.07. The van der Waals surface area contributed by atoms with E-state index in [-0.39, 0.29) is 5.54 Å². The lowest BCUT2D eigenvalue weighted by Gasteiger charge is -2.20. The lowest BCUT2D eigenvalue weighted by molar-refractivity contribution is 0.415. The number of pyridine rings is 1. The molecule has 0 aliphatic rings. The van der Waals surface area contributed by atoms with Gasteiger partial charge in [-0.15, -0.1) is 0 Å². The summed E-state index contributed by atoms with van der Waals surface area (Å²) < 4.78 is 1.82. The number of hydrogen-bond acceptors (Lipinski definition) is 4. The van der Waals surface area contributed by atoms with Gasteiger partial charge in [0.15, 0.2) is 0 Å². The molecule has 0 aliphatic carbocycles. The van der Waals surface area contributed by atoms with E-state index in [1.54, 1.807) is 18.7 Å². The highest BCUT2D eigenvalue weighted by atomic mass is 15.3. The van der Waals surface area contributed by atoms with Crippen molar-refractivity contribution in [1.29, 1.82) is 0 Å². The van der Waals surface area contributed by atoms with Gasteiger partial charge in [-0.2, -0.15) is 5.10 Å². The minimum atomic E-state index is 0.0645. The SMILES string of the molecule is CC(C)(C)NCc1ncnn1-c1ccncc1. The van der Waals surface area contributed by atoms with Crippen LogP contribution in [0.3, 0.4) is 0 Å². The van der Waals surface area contributed by atoms with Crippen molar-refractivity contribution in [3.05, 3.63) is 36.7 Å². The monoisotopic (exact) mass is 231 g/mol. The van der Waals surface area contributed by atoms with E-state index < -0.39 is 0 Å². The third-order valence-electron chi connectivity index (χ3n) is 2.30. The van der Waals surface area contributed by atoms with E-state index >= 15 is 0 Å². The maximum absolute atomic E-state index is 4.26. The van der Waals surface area contributed by atoms with Crippen LogP contribution in [0.25, 0.3) is 5.69 Å². The van der Waals surface area contributed by atoms with Crippen molar-refractivity contribution < 1.29 is 0 Å². The molecule has 0 bridgehead atoms. The fraction of sp³-hybridized carbons (Fsp3) is 0.417. The van der Waals surface area contributed by atoms with Crippen LogP contribution in [0.2, 0.25) is 0 Å². The highest BCUT2D eigenvalue weighted by Gasteiger charge is 2.12. The molecule has 2 aromatic rings. The van der Waals surface area contributed by atoms with Crippen LogP contribution < -0.4 is 5.32 Å². The Morgan fingerprint density at radius 3 is 2.59 bits per heavy atom. The highest BCUT2D eigenvalue weighted by Crippen LogP contribution is 2.08. The molecule has 2 aromatic heterocycles. The Morgan fingerprint density at radius 2 is 1.94 bits per heavy atom. The second-order valence-electron chi connectivity index (χ2n) is 4.90. The molecule has 2 rings (SSSR count). The maximum atomic E-state index is 4.26. The zero-order valence-electron chi connectivity index (χ0n) is 10.4. The first-order chi connectivity index (χ1) is 8.06. The molecule has 2 heterocycles. The number of hydrogen-bond donors (Lipinski definition) is 1. The van der Waals surface area contributed by atoms with Crippen molar-refractivity contribution in [3.8, 4) is 5.69 Å². The molecule has 0 atom stereocenters. The zero-order chi connectivity index (χ0) is 12.3. The van der Waals surface area contributed by atoms with Crippen molar-refractivity contribution in [3.63, 3.8) is 0 Å². The van der Waals surface area contributed by atoms with Crippen molar-refractivity contribution in [2.24, 2.45) is 0 Å². The minimum absolute atomic E-state index is 0.0645. The van der Waals surface area contributed by atoms with Gasteiger partial charge in [0.2, 0.25) is 0 Å². The summed E-state index contributed by atoms with van der Waals surface area (Å²) in [5.41, 5.74) is 1.04. The third kappa shape index (κ3) is 3.10. The summed E-state index contributed by atoms with van der Waals surface area (Å²) in [5.74, 6) is 0.895. The average molecular weight is 231 g/mol. The second kappa shape index (κ2) is 4.63. The Kier molecular flexibility index (Phi) is 3.19. The van der Waals surface area contributed by atoms with Gasteiger partial charge in [0.05, 0.1) is 12.2 Å². The van der Waals surface area contributed by atoms with Crippen LogP contribution in [0.4, 0.5) is 0 Å². The summed E-state index contributed by atoms with van der Waals surface area (Å²) in [4.78, 5) is 8.26. The first kappa shape index (κ1) is 11.7. The summed E-state index contributed by atoms with van der Waals surface area (Å²) in [5, 5.41) is 7.62. The van der Waals surface area contributed by atoms with E-state index in [0.717, 1.165) is 11.5 Å². The van der Waals surface area contributed by atoms with Crippen molar-refractivity contribution in [2.45, 2.75) is 32.9 Å². The van der Waals surface area contributed by atoms with Gasteiger partial charge in [-0.1, -0.05) is 0 Å². The van der Waals surface area contributed by atoms with Gasteiger partial charge in [0.1, 0.15) is 12.2 Å². The van der Waals surface area contributed by atoms with Gasteiger partial charge in [-0.25, -0.2) is 9.67 Å². The molecule has 5 nitrogen and oxygen atoms in total. The van der Waals surface area contributed by atoms with Gasteiger partial charge >= 0.3 is 0 Å². The molecule has 0 amide bonds. The molecular weight excluding hydrogens is 214 g/mol. The lowest BCUT2D eigenvalue weighted by atomic mass is 10.1. The van der Waals surface area contributed by atoms with Crippen molar-refractivity contribution >= 4 is 0 Å². The quantitative estimate of drug-likeness (QED) is 0.870. The molecule has 90 valence electrons. The predicted octanol–water partition coefficient (Wildman–Crippen LogP) is 1.55. The molecule has 0 aliphatic heterocycles. The van der Waals surface area contributed by atoms with Gasteiger partial charge in [0.25, 0.3) is 0 Å². The predicted molar refractivity (Wildman–Crippen MR) is 65.7 cm³/mol. The molecule has 0 radical (unpaired) electrons. The second-order valence-corrected chi connectivity index (χ2v) is 4.90. The Balaban J connectivity index is 2.18. The fourth-order valence-electron chi connectivity index (χ4n) is 1.43. The zero-order valence-corrected chi connectivity index (χ0v) is 10.4. The largest absolute Gasteiger partial charge is 0.305 e. The van der Waals surface area contributed by atoms with Gasteiger partial charge in [0, 0.05) is 17.9 Å². The van der Waals surface area contributed by atoms with Gasteiger partial charge in [-0.05, 0) is 32.9 Å². The number of rotatable bonds is 3. The molecule has 0 saturated heterocycles. The standard InChI is InChI=1S/C12H17N5/c1-12(2,3)15-8-11-14-9-16-17(11)10-4-6-13-7-5-10/h4-7,9,15H,8H2,1-3H3. The lowest BCUT2D eigenvalue weighted by Crippen LogP contribution is -2.35. The summed E-state index contributed by atoms with van der Waals surface area (Å²) >= 11 is 0. The maximum Gasteiger partial charge on any atom is 0.146 e. The van der Waals surface area contributed by atoms with Gasteiger partial charge < -0.3 is 5.32 Å². The summed E-state index contributed by atoms with van der Waals surface area (Å²) in [7, 11) is 0. The van der Waals surface area contributed by atoms with E-state index in [0.29, 0.717) is 6.54 Å². The van der Waals surface area contributed by atoms with E-state index in [4.69, 9.17) is 0 Å². The highest BCUT2D eigenvalue weighted by molar-refractivity contribution is 5.28. The molecule has 5 heteroatoms. The topological polar surface area (TPSA) is 55.6 Å². The van der Waals surface area contributed by atoms with Crippen LogP contribution in [0, 0.1) is 0 Å². The van der Waals surface area contributed by atoms with Crippen LogP contribution in [0.15, 0.2) is 30.9 Å². The number of nitrogens with zero attached hydrogens (tertiary/aromatic N) is 4. The van der Waals surface area contributed by atoms with Crippen molar-refractivity contribution in [1.82, 2.24) is 25.1 Å². The molecule has 17 heavy (non-hydrogen) atoms. The Bertz CT molecular complexity index is 469. The normalized spacial score (nSPS) is 11.7. The Hall–Kier alpha value is -1.75. The van der Waals surface area contributed by atoms with E-state index in [9.17, 15) is 0 Å². The van der Waals surface area contributed by atoms with Crippen molar-refractivity contribution in [2.75, 3.05) is 0 Å². The van der Waals surface area contributed by atoms with E-state index in [2.05, 4.69) is 41.2 Å². The number of aromatic nitrogens is 4. The number of nitrogens with one attached hydrogen (secondary N) is 1. The smallest absolute Gasteiger partial charge is 0.146 e. The Morgan fingerprint density at radius 1 is 1.24 bits per heavy atom. The van der Waals surface area contributed by atoms with Crippen LogP contribution >= 0.6 is 0 Å². The first-order valence-electron chi connectivity index (χ1n) is 5.60. The molecule has 0 saturated carbocycles. The molecule has 0 spiro atoms. The molecule has 1 N–H and O–H groups in total. The fourth-order valence-corrected chi connectivity index (χ4v) is 1.43. The van der Waals surface area contributed by atoms with E-state index in [1.165, 1.54) is 0 Å². The molecule has 0 aromatic carbocycles. The molecular formula is C12H17N5. The average Bonchev–Trinajstić information content (AvgIpc) is 2.75. The van der Waals surface area contributed by atoms with Crippen LogP contribution in [0.1, 0.15) is 26.6 Å². The van der Waals surface area contributed by atoms with Crippen LogP contribution in [0.5, 0.6) is 0 Å². The van der Waals surface area contributed by atoms with Gasteiger partial charge in [-0.3, -0.25) is 4.98 Å². The van der Waals surface area contributed by atoms with E-state index in [1.807, 2.05) is 16.8 Å². The first-order valence-corrected chi connectivity index (χ1v) is 5.60. The molecule has 0 unspecified atom stereocenters. The summed E-state index contributed by atoms with van der Waals surface area (Å²) in [6.45, 7) is 7.06. The molecule has 0 fully saturated rings. The minimum Gasteiger partial charge on any atom is -0.305 e. The van der Waals surface area contributed by atoms with Crippen LogP contribution in [-0.2, 0) is 6.54 Å². The summed E-state index contributed by atoms with van der Waals surface area (Å²) in [6, 6.07) is 3.82. The van der Waals surface area contributed by atoms with Crippen LogP contribution in [-0.4, -0.2) is 25.3 Å². The Labute approximate surface area is 101 Å². The third-order valence-corrected chi connectivity index (χ3v) is 2.30.